The molecule has 0 N–H and O–H groups in total. The molecule has 5 rings (SSSR count). The van der Waals surface area contributed by atoms with Crippen molar-refractivity contribution < 1.29 is 14.3 Å². The molecule has 0 amide bonds. The van der Waals surface area contributed by atoms with Crippen molar-refractivity contribution in [2.24, 2.45) is 0 Å². The van der Waals surface area contributed by atoms with Crippen LogP contribution in [-0.2, 0) is 11.2 Å². The third kappa shape index (κ3) is 3.19. The molecule has 29 heavy (non-hydrogen) atoms. The van der Waals surface area contributed by atoms with E-state index in [-0.39, 0.29) is 12.4 Å². The van der Waals surface area contributed by atoms with Crippen molar-refractivity contribution in [1.29, 1.82) is 0 Å². The number of Topliss-reactive ketones (excluding diaryl/α,β-unsaturated/α-hetero) is 1. The molecule has 4 aromatic rings. The molecule has 4 nitrogen and oxygen atoms in total. The van der Waals surface area contributed by atoms with Crippen LogP contribution in [0.4, 0.5) is 0 Å². The molecular weight excluding hydrogens is 382 g/mol. The Labute approximate surface area is 172 Å². The first kappa shape index (κ1) is 17.6. The average Bonchev–Trinajstić information content (AvgIpc) is 3.50. The van der Waals surface area contributed by atoms with E-state index in [2.05, 4.69) is 12.1 Å². The maximum Gasteiger partial charge on any atom is 0.350 e. The number of fused-ring (bicyclic) bond motifs is 3. The molecule has 1 aliphatic carbocycles. The number of carbonyl (C=O) groups excluding carboxylic acids is 2. The van der Waals surface area contributed by atoms with Gasteiger partial charge in [-0.1, -0.05) is 36.4 Å². The molecule has 0 saturated carbocycles. The Morgan fingerprint density at radius 1 is 0.931 bits per heavy atom. The molecule has 0 radical (unpaired) electrons. The van der Waals surface area contributed by atoms with Gasteiger partial charge in [0, 0.05) is 18.0 Å². The number of hydrogen-bond donors (Lipinski definition) is 0. The topological polar surface area (TPSA) is 48.3 Å². The van der Waals surface area contributed by atoms with Gasteiger partial charge in [-0.3, -0.25) is 4.79 Å². The number of benzene rings is 2. The van der Waals surface area contributed by atoms with E-state index in [1.54, 1.807) is 0 Å². The summed E-state index contributed by atoms with van der Waals surface area (Å²) in [6.07, 6.45) is 4.62. The standard InChI is InChI=1S/C24H17NO3S/c26-22(15-28-24(27)23-21(9-12-29-23)25-10-3-4-11-25)18-8-7-17-13-16-5-1-2-6-19(16)20(17)14-18/h1-12,14H,13,15H2. The second kappa shape index (κ2) is 7.18. The van der Waals surface area contributed by atoms with Crippen molar-refractivity contribution >= 4 is 23.1 Å². The number of carbonyl (C=O) groups is 2. The zero-order chi connectivity index (χ0) is 19.8. The van der Waals surface area contributed by atoms with Crippen molar-refractivity contribution in [1.82, 2.24) is 4.57 Å². The SMILES string of the molecule is O=C(COC(=O)c1sccc1-n1cccc1)c1ccc2c(c1)-c1ccccc1C2. The smallest absolute Gasteiger partial charge is 0.350 e. The van der Waals surface area contributed by atoms with Crippen molar-refractivity contribution in [2.45, 2.75) is 6.42 Å². The van der Waals surface area contributed by atoms with Gasteiger partial charge in [-0.2, -0.15) is 0 Å². The zero-order valence-electron chi connectivity index (χ0n) is 15.5. The summed E-state index contributed by atoms with van der Waals surface area (Å²) in [5.74, 6) is -0.687. The fourth-order valence-corrected chi connectivity index (χ4v) is 4.51. The van der Waals surface area contributed by atoms with Crippen LogP contribution in [0, 0.1) is 0 Å². The molecule has 0 unspecified atom stereocenters. The summed E-state index contributed by atoms with van der Waals surface area (Å²) in [6, 6.07) is 19.6. The number of esters is 1. The van der Waals surface area contributed by atoms with Crippen LogP contribution in [-0.4, -0.2) is 22.9 Å². The van der Waals surface area contributed by atoms with Gasteiger partial charge in [0.2, 0.25) is 0 Å². The number of thiophene rings is 1. The minimum atomic E-state index is -0.483. The molecule has 142 valence electrons. The van der Waals surface area contributed by atoms with Crippen molar-refractivity contribution in [2.75, 3.05) is 6.61 Å². The molecule has 0 fully saturated rings. The van der Waals surface area contributed by atoms with Crippen LogP contribution in [0.15, 0.2) is 78.4 Å². The first-order valence-electron chi connectivity index (χ1n) is 9.33. The van der Waals surface area contributed by atoms with E-state index in [1.165, 1.54) is 28.0 Å². The Morgan fingerprint density at radius 3 is 2.59 bits per heavy atom. The lowest BCUT2D eigenvalue weighted by atomic mass is 10.0. The minimum absolute atomic E-state index is 0.204. The normalized spacial score (nSPS) is 11.7. The Balaban J connectivity index is 1.32. The molecule has 1 aliphatic rings. The monoisotopic (exact) mass is 399 g/mol. The van der Waals surface area contributed by atoms with E-state index >= 15 is 0 Å². The summed E-state index contributed by atoms with van der Waals surface area (Å²) in [6.45, 7) is -0.276. The molecule has 0 bridgehead atoms. The summed E-state index contributed by atoms with van der Waals surface area (Å²) in [5, 5.41) is 1.84. The van der Waals surface area contributed by atoms with Gasteiger partial charge < -0.3 is 9.30 Å². The van der Waals surface area contributed by atoms with Crippen LogP contribution in [0.3, 0.4) is 0 Å². The van der Waals surface area contributed by atoms with Crippen LogP contribution in [0.5, 0.6) is 0 Å². The van der Waals surface area contributed by atoms with Crippen molar-refractivity contribution in [3.05, 3.63) is 100 Å². The highest BCUT2D eigenvalue weighted by molar-refractivity contribution is 7.12. The molecular formula is C24H17NO3S. The molecule has 2 aromatic heterocycles. The molecule has 0 aliphatic heterocycles. The average molecular weight is 399 g/mol. The van der Waals surface area contributed by atoms with Gasteiger partial charge in [-0.15, -0.1) is 11.3 Å². The molecule has 0 atom stereocenters. The van der Waals surface area contributed by atoms with Crippen LogP contribution in [0.1, 0.15) is 31.2 Å². The first-order chi connectivity index (χ1) is 14.2. The van der Waals surface area contributed by atoms with Crippen molar-refractivity contribution in [3.8, 4) is 16.8 Å². The zero-order valence-corrected chi connectivity index (χ0v) is 16.3. The highest BCUT2D eigenvalue weighted by atomic mass is 32.1. The van der Waals surface area contributed by atoms with Crippen LogP contribution >= 0.6 is 11.3 Å². The van der Waals surface area contributed by atoms with Gasteiger partial charge in [0.1, 0.15) is 4.88 Å². The number of ketones is 1. The van der Waals surface area contributed by atoms with Gasteiger partial charge in [-0.25, -0.2) is 4.79 Å². The summed E-state index contributed by atoms with van der Waals surface area (Å²) >= 11 is 1.31. The number of hydrogen-bond acceptors (Lipinski definition) is 4. The molecule has 0 spiro atoms. The van der Waals surface area contributed by atoms with Gasteiger partial charge >= 0.3 is 5.97 Å². The van der Waals surface area contributed by atoms with Gasteiger partial charge in [0.15, 0.2) is 12.4 Å². The quantitative estimate of drug-likeness (QED) is 0.303. The number of aromatic nitrogens is 1. The summed E-state index contributed by atoms with van der Waals surface area (Å²) in [5.41, 5.74) is 6.06. The fourth-order valence-electron chi connectivity index (χ4n) is 3.73. The third-order valence-electron chi connectivity index (χ3n) is 5.17. The Hall–Kier alpha value is -3.44. The maximum atomic E-state index is 12.7. The van der Waals surface area contributed by atoms with Crippen LogP contribution in [0.25, 0.3) is 16.8 Å². The van der Waals surface area contributed by atoms with Crippen LogP contribution in [0.2, 0.25) is 0 Å². The second-order valence-electron chi connectivity index (χ2n) is 6.93. The molecule has 5 heteroatoms. The van der Waals surface area contributed by atoms with Gasteiger partial charge in [-0.05, 0) is 58.3 Å². The van der Waals surface area contributed by atoms with E-state index in [9.17, 15) is 9.59 Å². The first-order valence-corrected chi connectivity index (χ1v) is 10.2. The minimum Gasteiger partial charge on any atom is -0.453 e. The number of nitrogens with zero attached hydrogens (tertiary/aromatic N) is 1. The highest BCUT2D eigenvalue weighted by Crippen LogP contribution is 2.36. The lowest BCUT2D eigenvalue weighted by Crippen LogP contribution is -2.14. The van der Waals surface area contributed by atoms with E-state index in [0.29, 0.717) is 10.4 Å². The summed E-state index contributed by atoms with van der Waals surface area (Å²) in [7, 11) is 0. The molecule has 2 heterocycles. The van der Waals surface area contributed by atoms with Gasteiger partial charge in [0.25, 0.3) is 0 Å². The van der Waals surface area contributed by atoms with Crippen molar-refractivity contribution in [3.63, 3.8) is 0 Å². The van der Waals surface area contributed by atoms with E-state index < -0.39 is 5.97 Å². The Morgan fingerprint density at radius 2 is 1.72 bits per heavy atom. The predicted molar refractivity (Wildman–Crippen MR) is 113 cm³/mol. The predicted octanol–water partition coefficient (Wildman–Crippen LogP) is 5.15. The van der Waals surface area contributed by atoms with E-state index in [4.69, 9.17) is 4.74 Å². The molecule has 0 saturated heterocycles. The van der Waals surface area contributed by atoms with E-state index in [0.717, 1.165) is 17.7 Å². The Kier molecular flexibility index (Phi) is 4.37. The summed E-state index contributed by atoms with van der Waals surface area (Å²) in [4.78, 5) is 25.7. The number of ether oxygens (including phenoxy) is 1. The maximum absolute atomic E-state index is 12.7. The lowest BCUT2D eigenvalue weighted by Gasteiger charge is -2.08. The Bertz CT molecular complexity index is 1220. The van der Waals surface area contributed by atoms with E-state index in [1.807, 2.05) is 70.9 Å². The lowest BCUT2D eigenvalue weighted by molar-refractivity contribution is 0.0479. The highest BCUT2D eigenvalue weighted by Gasteiger charge is 2.21. The van der Waals surface area contributed by atoms with Gasteiger partial charge in [0.05, 0.1) is 5.69 Å². The summed E-state index contributed by atoms with van der Waals surface area (Å²) < 4.78 is 7.19. The number of rotatable bonds is 5. The second-order valence-corrected chi connectivity index (χ2v) is 7.85. The third-order valence-corrected chi connectivity index (χ3v) is 6.05. The van der Waals surface area contributed by atoms with Crippen LogP contribution < -0.4 is 0 Å². The largest absolute Gasteiger partial charge is 0.453 e. The fraction of sp³-hybridized carbons (Fsp3) is 0.0833. The molecule has 2 aromatic carbocycles.